The maximum atomic E-state index is 14.7. The Kier molecular flexibility index (Phi) is 12.4. The second-order valence-electron chi connectivity index (χ2n) is 7.77. The SMILES string of the molecule is CCOP(=O)(OCC)C(c1ccc(F)c(NC(=O)CCN(C)c2ccccn2)c1)P(=O)(OCC)OCC. The van der Waals surface area contributed by atoms with E-state index in [-0.39, 0.29) is 44.1 Å². The van der Waals surface area contributed by atoms with Gasteiger partial charge >= 0.3 is 15.2 Å². The zero-order valence-corrected chi connectivity index (χ0v) is 23.7. The van der Waals surface area contributed by atoms with Crippen molar-refractivity contribution in [2.45, 2.75) is 39.5 Å². The van der Waals surface area contributed by atoms with Gasteiger partial charge in [0.1, 0.15) is 11.6 Å². The number of pyridine rings is 1. The van der Waals surface area contributed by atoms with Crippen LogP contribution in [0.2, 0.25) is 0 Å². The van der Waals surface area contributed by atoms with Gasteiger partial charge in [0.2, 0.25) is 5.91 Å². The van der Waals surface area contributed by atoms with E-state index in [1.165, 1.54) is 12.1 Å². The summed E-state index contributed by atoms with van der Waals surface area (Å²) >= 11 is 0. The van der Waals surface area contributed by atoms with Crippen LogP contribution >= 0.6 is 15.2 Å². The van der Waals surface area contributed by atoms with Gasteiger partial charge in [-0.1, -0.05) is 12.1 Å². The Bertz CT molecular complexity index is 1060. The van der Waals surface area contributed by atoms with Gasteiger partial charge in [-0.2, -0.15) is 0 Å². The number of nitrogens with zero attached hydrogens (tertiary/aromatic N) is 2. The number of nitrogens with one attached hydrogen (secondary N) is 1. The van der Waals surface area contributed by atoms with Crippen LogP contribution < -0.4 is 10.2 Å². The van der Waals surface area contributed by atoms with Crippen molar-refractivity contribution < 1.29 is 36.4 Å². The Hall–Kier alpha value is -2.13. The molecule has 1 heterocycles. The Morgan fingerprint density at radius 2 is 1.54 bits per heavy atom. The molecule has 0 aliphatic carbocycles. The number of anilines is 2. The maximum Gasteiger partial charge on any atom is 0.350 e. The van der Waals surface area contributed by atoms with Crippen molar-refractivity contribution in [3.63, 3.8) is 0 Å². The zero-order chi connectivity index (χ0) is 27.5. The van der Waals surface area contributed by atoms with Gasteiger partial charge in [-0.05, 0) is 57.5 Å². The van der Waals surface area contributed by atoms with E-state index in [2.05, 4.69) is 10.3 Å². The molecule has 10 nitrogen and oxygen atoms in total. The number of benzene rings is 1. The standard InChI is InChI=1S/C24H36FN3O7P2/c1-6-32-36(30,33-7-2)24(37(31,34-8-3)35-9-4)19-13-14-20(25)21(18-19)27-23(29)15-17-28(5)22-12-10-11-16-26-22/h10-14,16,18,24H,6-9,15,17H2,1-5H3,(H,27,29). The van der Waals surface area contributed by atoms with Crippen LogP contribution in [0.3, 0.4) is 0 Å². The van der Waals surface area contributed by atoms with E-state index >= 15 is 0 Å². The van der Waals surface area contributed by atoms with Gasteiger partial charge in [0, 0.05) is 26.2 Å². The van der Waals surface area contributed by atoms with E-state index in [0.717, 1.165) is 6.07 Å². The highest BCUT2D eigenvalue weighted by molar-refractivity contribution is 7.72. The lowest BCUT2D eigenvalue weighted by Crippen LogP contribution is -2.24. The number of amides is 1. The number of aromatic nitrogens is 1. The Morgan fingerprint density at radius 1 is 0.973 bits per heavy atom. The number of hydrogen-bond acceptors (Lipinski definition) is 9. The van der Waals surface area contributed by atoms with Crippen LogP contribution in [0.5, 0.6) is 0 Å². The van der Waals surface area contributed by atoms with Crippen molar-refractivity contribution in [2.24, 2.45) is 0 Å². The largest absolute Gasteiger partial charge is 0.359 e. The third-order valence-electron chi connectivity index (χ3n) is 5.11. The van der Waals surface area contributed by atoms with Gasteiger partial charge in [-0.3, -0.25) is 13.9 Å². The lowest BCUT2D eigenvalue weighted by molar-refractivity contribution is -0.116. The number of halogens is 1. The quantitative estimate of drug-likeness (QED) is 0.239. The molecule has 2 aromatic rings. The Balaban J connectivity index is 2.39. The highest BCUT2D eigenvalue weighted by Crippen LogP contribution is 2.78. The van der Waals surface area contributed by atoms with Crippen molar-refractivity contribution in [2.75, 3.05) is 50.2 Å². The van der Waals surface area contributed by atoms with Crippen LogP contribution in [0.4, 0.5) is 15.9 Å². The molecule has 0 fully saturated rings. The summed E-state index contributed by atoms with van der Waals surface area (Å²) in [7, 11) is -6.46. The first-order valence-electron chi connectivity index (χ1n) is 12.1. The second-order valence-corrected chi connectivity index (χ2v) is 12.4. The van der Waals surface area contributed by atoms with Crippen LogP contribution in [0.25, 0.3) is 0 Å². The summed E-state index contributed by atoms with van der Waals surface area (Å²) in [5.74, 6) is -0.485. The topological polar surface area (TPSA) is 116 Å². The number of hydrogen-bond donors (Lipinski definition) is 1. The predicted octanol–water partition coefficient (Wildman–Crippen LogP) is 6.22. The summed E-state index contributed by atoms with van der Waals surface area (Å²) in [4.78, 5) is 18.7. The van der Waals surface area contributed by atoms with Crippen LogP contribution in [0.15, 0.2) is 42.6 Å². The van der Waals surface area contributed by atoms with Gasteiger partial charge < -0.3 is 28.3 Å². The smallest absolute Gasteiger partial charge is 0.350 e. The molecule has 0 saturated heterocycles. The summed E-state index contributed by atoms with van der Waals surface area (Å²) in [6.45, 7) is 6.81. The molecule has 2 rings (SSSR count). The van der Waals surface area contributed by atoms with E-state index in [0.29, 0.717) is 12.4 Å². The molecule has 0 bridgehead atoms. The molecule has 0 atom stereocenters. The summed E-state index contributed by atoms with van der Waals surface area (Å²) in [6.07, 6.45) is 1.70. The van der Waals surface area contributed by atoms with Gasteiger partial charge in [-0.25, -0.2) is 9.37 Å². The minimum atomic E-state index is -4.12. The second kappa shape index (κ2) is 14.7. The molecule has 0 saturated carbocycles. The van der Waals surface area contributed by atoms with Gasteiger partial charge in [0.05, 0.1) is 32.1 Å². The normalized spacial score (nSPS) is 12.1. The first kappa shape index (κ1) is 31.1. The number of rotatable bonds is 16. The molecule has 0 aliphatic heterocycles. The first-order chi connectivity index (χ1) is 17.6. The van der Waals surface area contributed by atoms with Crippen molar-refractivity contribution in [1.29, 1.82) is 0 Å². The molecule has 0 radical (unpaired) electrons. The molecule has 37 heavy (non-hydrogen) atoms. The zero-order valence-electron chi connectivity index (χ0n) is 21.9. The molecular weight excluding hydrogens is 523 g/mol. The molecule has 1 aromatic heterocycles. The molecule has 0 spiro atoms. The maximum absolute atomic E-state index is 14.7. The molecule has 1 aromatic carbocycles. The molecule has 0 aliphatic rings. The van der Waals surface area contributed by atoms with E-state index < -0.39 is 32.3 Å². The Labute approximate surface area is 217 Å². The van der Waals surface area contributed by atoms with Crippen molar-refractivity contribution in [1.82, 2.24) is 4.98 Å². The highest BCUT2D eigenvalue weighted by atomic mass is 31.2. The van der Waals surface area contributed by atoms with E-state index in [1.807, 2.05) is 12.1 Å². The summed E-state index contributed by atoms with van der Waals surface area (Å²) in [6, 6.07) is 9.09. The van der Waals surface area contributed by atoms with Crippen LogP contribution in [0, 0.1) is 5.82 Å². The van der Waals surface area contributed by atoms with E-state index in [4.69, 9.17) is 18.1 Å². The van der Waals surface area contributed by atoms with E-state index in [9.17, 15) is 18.3 Å². The molecule has 0 unspecified atom stereocenters. The minimum absolute atomic E-state index is 0.000600. The fourth-order valence-corrected chi connectivity index (χ4v) is 8.98. The highest BCUT2D eigenvalue weighted by Gasteiger charge is 2.52. The van der Waals surface area contributed by atoms with Crippen molar-refractivity contribution in [3.8, 4) is 0 Å². The third kappa shape index (κ3) is 8.43. The summed E-state index contributed by atoms with van der Waals surface area (Å²) in [5.41, 5.74) is -0.0511. The monoisotopic (exact) mass is 559 g/mol. The van der Waals surface area contributed by atoms with Crippen LogP contribution in [-0.2, 0) is 32.0 Å². The molecule has 1 N–H and O–H groups in total. The lowest BCUT2D eigenvalue weighted by Gasteiger charge is -2.31. The van der Waals surface area contributed by atoms with Crippen LogP contribution in [0.1, 0.15) is 45.1 Å². The van der Waals surface area contributed by atoms with Crippen molar-refractivity contribution in [3.05, 3.63) is 54.0 Å². The fraction of sp³-hybridized carbons (Fsp3) is 0.500. The fourth-order valence-electron chi connectivity index (χ4n) is 3.59. The van der Waals surface area contributed by atoms with Gasteiger partial charge in [0.15, 0.2) is 5.40 Å². The molecule has 206 valence electrons. The molecule has 1 amide bonds. The lowest BCUT2D eigenvalue weighted by atomic mass is 10.2. The minimum Gasteiger partial charge on any atom is -0.359 e. The average Bonchev–Trinajstić information content (AvgIpc) is 2.85. The predicted molar refractivity (Wildman–Crippen MR) is 142 cm³/mol. The molecular formula is C24H36FN3O7P2. The summed E-state index contributed by atoms with van der Waals surface area (Å²) < 4.78 is 64.5. The first-order valence-corrected chi connectivity index (χ1v) is 15.3. The van der Waals surface area contributed by atoms with Gasteiger partial charge in [-0.15, -0.1) is 0 Å². The Morgan fingerprint density at radius 3 is 2.03 bits per heavy atom. The molecule has 13 heteroatoms. The van der Waals surface area contributed by atoms with Gasteiger partial charge in [0.25, 0.3) is 0 Å². The van der Waals surface area contributed by atoms with Crippen LogP contribution in [-0.4, -0.2) is 50.9 Å². The van der Waals surface area contributed by atoms with Crippen molar-refractivity contribution >= 4 is 32.6 Å². The summed E-state index contributed by atoms with van der Waals surface area (Å²) in [5, 5.41) is 1.05. The number of carbonyl (C=O) groups excluding carboxylic acids is 1. The average molecular weight is 560 g/mol. The van der Waals surface area contributed by atoms with E-state index in [1.54, 1.807) is 51.9 Å². The number of carbonyl (C=O) groups is 1. The third-order valence-corrected chi connectivity index (χ3v) is 11.1.